The predicted octanol–water partition coefficient (Wildman–Crippen LogP) is 2.41. The first-order valence-electron chi connectivity index (χ1n) is 7.64. The van der Waals surface area contributed by atoms with Crippen LogP contribution in [0.4, 0.5) is 5.00 Å². The number of thiophene rings is 1. The van der Waals surface area contributed by atoms with Gasteiger partial charge in [-0.2, -0.15) is 5.26 Å². The number of piperidine rings is 1. The third-order valence-electron chi connectivity index (χ3n) is 4.00. The zero-order valence-corrected chi connectivity index (χ0v) is 14.2. The number of anilines is 1. The molecule has 0 aromatic carbocycles. The molecule has 2 rings (SSSR count). The molecule has 0 saturated carbocycles. The van der Waals surface area contributed by atoms with Crippen LogP contribution in [0.15, 0.2) is 6.07 Å². The van der Waals surface area contributed by atoms with E-state index in [0.717, 1.165) is 37.4 Å². The number of carbonyl (C=O) groups excluding carboxylic acids is 2. The topological polar surface area (TPSA) is 82.4 Å². The highest BCUT2D eigenvalue weighted by molar-refractivity contribution is 7.16. The summed E-state index contributed by atoms with van der Waals surface area (Å²) in [5.74, 6) is -0.533. The molecule has 2 heterocycles. The van der Waals surface area contributed by atoms with Crippen LogP contribution in [0.5, 0.6) is 0 Å². The molecule has 23 heavy (non-hydrogen) atoms. The number of ether oxygens (including phenoxy) is 1. The lowest BCUT2D eigenvalue weighted by atomic mass is 9.96. The highest BCUT2D eigenvalue weighted by Crippen LogP contribution is 2.29. The molecule has 0 unspecified atom stereocenters. The second kappa shape index (κ2) is 8.09. The second-order valence-corrected chi connectivity index (χ2v) is 6.86. The van der Waals surface area contributed by atoms with E-state index >= 15 is 0 Å². The maximum absolute atomic E-state index is 12.4. The summed E-state index contributed by atoms with van der Waals surface area (Å²) in [6, 6.07) is 3.88. The van der Waals surface area contributed by atoms with Crippen molar-refractivity contribution in [3.63, 3.8) is 0 Å². The molecule has 1 aromatic rings. The van der Waals surface area contributed by atoms with Gasteiger partial charge in [0.15, 0.2) is 0 Å². The first-order chi connectivity index (χ1) is 11.0. The van der Waals surface area contributed by atoms with Gasteiger partial charge < -0.3 is 15.0 Å². The van der Waals surface area contributed by atoms with Gasteiger partial charge in [0.1, 0.15) is 5.00 Å². The Bertz CT molecular complexity index is 613. The molecule has 0 spiro atoms. The fraction of sp³-hybridized carbons (Fsp3) is 0.562. The first kappa shape index (κ1) is 17.4. The van der Waals surface area contributed by atoms with Crippen LogP contribution in [0.25, 0.3) is 0 Å². The maximum Gasteiger partial charge on any atom is 0.340 e. The number of carbonyl (C=O) groups is 2. The van der Waals surface area contributed by atoms with E-state index in [0.29, 0.717) is 17.0 Å². The standard InChI is InChI=1S/C16H21N3O3S/c1-11-10-13(16(21)22-2)15(23-11)18-14(20)12-4-8-19(9-5-12)7-3-6-17/h10,12H,3-5,7-9H2,1-2H3,(H,18,20). The minimum absolute atomic E-state index is 0.0445. The van der Waals surface area contributed by atoms with Gasteiger partial charge in [-0.25, -0.2) is 4.79 Å². The molecule has 124 valence electrons. The van der Waals surface area contributed by atoms with E-state index in [1.54, 1.807) is 6.07 Å². The second-order valence-electron chi connectivity index (χ2n) is 5.60. The first-order valence-corrected chi connectivity index (χ1v) is 8.45. The van der Waals surface area contributed by atoms with Crippen LogP contribution < -0.4 is 5.32 Å². The molecule has 1 saturated heterocycles. The maximum atomic E-state index is 12.4. The molecule has 1 N–H and O–H groups in total. The Labute approximate surface area is 140 Å². The number of esters is 1. The highest BCUT2D eigenvalue weighted by Gasteiger charge is 2.26. The third-order valence-corrected chi connectivity index (χ3v) is 4.96. The average molecular weight is 335 g/mol. The van der Waals surface area contributed by atoms with Gasteiger partial charge in [-0.15, -0.1) is 11.3 Å². The molecule has 1 amide bonds. The molecule has 0 bridgehead atoms. The van der Waals surface area contributed by atoms with Crippen molar-refractivity contribution in [2.24, 2.45) is 5.92 Å². The fourth-order valence-electron chi connectivity index (χ4n) is 2.71. The normalized spacial score (nSPS) is 15.9. The van der Waals surface area contributed by atoms with Gasteiger partial charge in [0, 0.05) is 23.8 Å². The monoisotopic (exact) mass is 335 g/mol. The largest absolute Gasteiger partial charge is 0.465 e. The number of hydrogen-bond acceptors (Lipinski definition) is 6. The van der Waals surface area contributed by atoms with Crippen molar-refractivity contribution in [2.75, 3.05) is 32.1 Å². The van der Waals surface area contributed by atoms with Gasteiger partial charge in [-0.3, -0.25) is 4.79 Å². The molecular formula is C16H21N3O3S. The quantitative estimate of drug-likeness (QED) is 0.836. The van der Waals surface area contributed by atoms with E-state index < -0.39 is 5.97 Å². The lowest BCUT2D eigenvalue weighted by Crippen LogP contribution is -2.38. The van der Waals surface area contributed by atoms with Crippen LogP contribution in [0.1, 0.15) is 34.5 Å². The van der Waals surface area contributed by atoms with Crippen LogP contribution >= 0.6 is 11.3 Å². The van der Waals surface area contributed by atoms with Crippen molar-refractivity contribution in [1.82, 2.24) is 4.90 Å². The van der Waals surface area contributed by atoms with E-state index in [4.69, 9.17) is 10.00 Å². The molecule has 1 fully saturated rings. The molecule has 0 aliphatic carbocycles. The summed E-state index contributed by atoms with van der Waals surface area (Å²) in [5, 5.41) is 12.1. The summed E-state index contributed by atoms with van der Waals surface area (Å²) in [6.45, 7) is 4.31. The lowest BCUT2D eigenvalue weighted by Gasteiger charge is -2.30. The van der Waals surface area contributed by atoms with Crippen LogP contribution in [-0.4, -0.2) is 43.5 Å². The number of amides is 1. The zero-order valence-electron chi connectivity index (χ0n) is 13.4. The third kappa shape index (κ3) is 4.53. The Morgan fingerprint density at radius 2 is 2.17 bits per heavy atom. The van der Waals surface area contributed by atoms with Gasteiger partial charge in [0.05, 0.1) is 18.7 Å². The van der Waals surface area contributed by atoms with E-state index in [1.807, 2.05) is 6.92 Å². The van der Waals surface area contributed by atoms with E-state index in [2.05, 4.69) is 16.3 Å². The molecular weight excluding hydrogens is 314 g/mol. The van der Waals surface area contributed by atoms with E-state index in [-0.39, 0.29) is 11.8 Å². The molecule has 1 aliphatic heterocycles. The fourth-order valence-corrected chi connectivity index (χ4v) is 3.61. The number of nitrogens with zero attached hydrogens (tertiary/aromatic N) is 2. The highest BCUT2D eigenvalue weighted by atomic mass is 32.1. The number of rotatable bonds is 5. The van der Waals surface area contributed by atoms with Gasteiger partial charge in [0.25, 0.3) is 0 Å². The Hall–Kier alpha value is -1.91. The van der Waals surface area contributed by atoms with Gasteiger partial charge >= 0.3 is 5.97 Å². The minimum atomic E-state index is -0.434. The van der Waals surface area contributed by atoms with Crippen molar-refractivity contribution in [3.8, 4) is 6.07 Å². The van der Waals surface area contributed by atoms with Crippen molar-refractivity contribution in [3.05, 3.63) is 16.5 Å². The van der Waals surface area contributed by atoms with Gasteiger partial charge in [-0.1, -0.05) is 0 Å². The number of hydrogen-bond donors (Lipinski definition) is 1. The molecule has 6 nitrogen and oxygen atoms in total. The van der Waals surface area contributed by atoms with E-state index in [1.165, 1.54) is 18.4 Å². The van der Waals surface area contributed by atoms with Gasteiger partial charge in [0.2, 0.25) is 5.91 Å². The van der Waals surface area contributed by atoms with Crippen molar-refractivity contribution in [1.29, 1.82) is 5.26 Å². The molecule has 7 heteroatoms. The van der Waals surface area contributed by atoms with Crippen molar-refractivity contribution in [2.45, 2.75) is 26.2 Å². The molecule has 0 atom stereocenters. The number of nitrogens with one attached hydrogen (secondary N) is 1. The summed E-state index contributed by atoms with van der Waals surface area (Å²) in [7, 11) is 1.33. The Morgan fingerprint density at radius 1 is 1.48 bits per heavy atom. The Balaban J connectivity index is 1.93. The van der Waals surface area contributed by atoms with Crippen LogP contribution in [0, 0.1) is 24.2 Å². The van der Waals surface area contributed by atoms with Gasteiger partial charge in [-0.05, 0) is 38.9 Å². The van der Waals surface area contributed by atoms with Crippen molar-refractivity contribution < 1.29 is 14.3 Å². The summed E-state index contributed by atoms with van der Waals surface area (Å²) in [4.78, 5) is 27.3. The number of aryl methyl sites for hydroxylation is 1. The smallest absolute Gasteiger partial charge is 0.340 e. The van der Waals surface area contributed by atoms with Crippen LogP contribution in [0.2, 0.25) is 0 Å². The van der Waals surface area contributed by atoms with Crippen LogP contribution in [-0.2, 0) is 9.53 Å². The Morgan fingerprint density at radius 3 is 2.78 bits per heavy atom. The minimum Gasteiger partial charge on any atom is -0.465 e. The Kier molecular flexibility index (Phi) is 6.13. The van der Waals surface area contributed by atoms with Crippen molar-refractivity contribution >= 4 is 28.2 Å². The SMILES string of the molecule is COC(=O)c1cc(C)sc1NC(=O)C1CCN(CCC#N)CC1. The predicted molar refractivity (Wildman–Crippen MR) is 88.4 cm³/mol. The molecule has 0 radical (unpaired) electrons. The summed E-state index contributed by atoms with van der Waals surface area (Å²) in [6.07, 6.45) is 2.07. The summed E-state index contributed by atoms with van der Waals surface area (Å²) < 4.78 is 4.75. The van der Waals surface area contributed by atoms with Crippen LogP contribution in [0.3, 0.4) is 0 Å². The summed E-state index contributed by atoms with van der Waals surface area (Å²) >= 11 is 1.38. The van der Waals surface area contributed by atoms with E-state index in [9.17, 15) is 9.59 Å². The number of methoxy groups -OCH3 is 1. The number of likely N-dealkylation sites (tertiary alicyclic amines) is 1. The zero-order chi connectivity index (χ0) is 16.8. The number of nitriles is 1. The molecule has 1 aliphatic rings. The molecule has 1 aromatic heterocycles. The lowest BCUT2D eigenvalue weighted by molar-refractivity contribution is -0.121. The average Bonchev–Trinajstić information content (AvgIpc) is 2.93. The summed E-state index contributed by atoms with van der Waals surface area (Å²) in [5.41, 5.74) is 0.412.